The molecule has 0 unspecified atom stereocenters. The van der Waals surface area contributed by atoms with E-state index >= 15 is 0 Å². The molecule has 0 aliphatic carbocycles. The van der Waals surface area contributed by atoms with Gasteiger partial charge in [0, 0.05) is 29.0 Å². The summed E-state index contributed by atoms with van der Waals surface area (Å²) >= 11 is 0. The molecule has 0 saturated carbocycles. The average molecular weight is 751 g/mol. The number of fused-ring (bicyclic) bond motifs is 1. The number of carbonyl (C=O) groups excluding carboxylic acids is 1. The predicted octanol–water partition coefficient (Wildman–Crippen LogP) is 7.23. The molecule has 0 atom stereocenters. The highest BCUT2D eigenvalue weighted by molar-refractivity contribution is 7.86. The molecule has 0 radical (unpaired) electrons. The molecule has 5 rings (SSSR count). The number of rotatable bonds is 12. The van der Waals surface area contributed by atoms with Gasteiger partial charge in [0.2, 0.25) is 0 Å². The zero-order valence-corrected chi connectivity index (χ0v) is 27.7. The van der Waals surface area contributed by atoms with Crippen LogP contribution in [0.5, 0.6) is 23.0 Å². The number of hydrogen-bond donors (Lipinski definition) is 5. The van der Waals surface area contributed by atoms with Gasteiger partial charge in [-0.15, -0.1) is 20.5 Å². The van der Waals surface area contributed by atoms with E-state index in [9.17, 15) is 45.7 Å². The Morgan fingerprint density at radius 2 is 1.23 bits per heavy atom. The summed E-state index contributed by atoms with van der Waals surface area (Å²) in [6, 6.07) is 15.2. The van der Waals surface area contributed by atoms with Crippen molar-refractivity contribution in [1.82, 2.24) is 0 Å². The van der Waals surface area contributed by atoms with Crippen molar-refractivity contribution in [3.63, 3.8) is 0 Å². The van der Waals surface area contributed by atoms with Crippen molar-refractivity contribution in [3.05, 3.63) is 84.4 Å². The summed E-state index contributed by atoms with van der Waals surface area (Å²) < 4.78 is 78.2. The molecule has 0 heterocycles. The molecule has 5 aromatic carbocycles. The van der Waals surface area contributed by atoms with Gasteiger partial charge in [-0.05, 0) is 54.6 Å². The smallest absolute Gasteiger partial charge is 0.339 e. The first kappa shape index (κ1) is 36.6. The van der Waals surface area contributed by atoms with Crippen LogP contribution in [0.25, 0.3) is 10.8 Å². The number of hydrogen-bond acceptors (Lipinski definition) is 16. The molecule has 0 aromatic heterocycles. The van der Waals surface area contributed by atoms with E-state index in [1.54, 1.807) is 0 Å². The van der Waals surface area contributed by atoms with Gasteiger partial charge in [0.25, 0.3) is 26.7 Å². The van der Waals surface area contributed by atoms with Gasteiger partial charge in [0.05, 0.1) is 34.8 Å². The third-order valence-electron chi connectivity index (χ3n) is 6.92. The molecule has 5 aromatic rings. The highest BCUT2D eigenvalue weighted by Gasteiger charge is 2.21. The molecule has 19 nitrogen and oxygen atoms in total. The first-order valence-electron chi connectivity index (χ1n) is 14.1. The van der Waals surface area contributed by atoms with Crippen molar-refractivity contribution in [1.29, 1.82) is 0 Å². The minimum atomic E-state index is -4.97. The molecular weight excluding hydrogens is 729 g/mol. The van der Waals surface area contributed by atoms with Gasteiger partial charge in [0.15, 0.2) is 11.5 Å². The Morgan fingerprint density at radius 1 is 0.635 bits per heavy atom. The minimum Gasteiger partial charge on any atom is -0.507 e. The minimum absolute atomic E-state index is 0.00753. The Hall–Kier alpha value is -6.68. The topological polar surface area (TPSA) is 296 Å². The number of azo groups is 3. The molecule has 0 saturated heterocycles. The van der Waals surface area contributed by atoms with Crippen LogP contribution in [0.2, 0.25) is 0 Å². The van der Waals surface area contributed by atoms with Crippen LogP contribution in [0.4, 0.5) is 34.1 Å². The zero-order chi connectivity index (χ0) is 37.8. The summed E-state index contributed by atoms with van der Waals surface area (Å²) in [5.41, 5.74) is -0.773. The molecule has 0 fully saturated rings. The fourth-order valence-electron chi connectivity index (χ4n) is 4.51. The molecule has 0 amide bonds. The molecule has 5 N–H and O–H groups in total. The van der Waals surface area contributed by atoms with Crippen LogP contribution < -0.4 is 9.47 Å². The standard InChI is InChI=1S/C31H22N6O13S2/c1-49-29-13-25(37-33-17-3-9-28(50-15-38)27(40)11-17)30(52(46,47)48)14-24(29)36-35-23-8-7-22(19-6-4-18(12-21(19)23)51(43,44)45)34-32-16-2-5-20(31(41)42)26(39)10-16/h2-15,39-40H,1H3,(H,41,42)(H,43,44,45)(H,46,47,48). The number of phenols is 2. The van der Waals surface area contributed by atoms with Crippen LogP contribution in [0.1, 0.15) is 10.4 Å². The monoisotopic (exact) mass is 750 g/mol. The number of methoxy groups -OCH3 is 1. The number of carbonyl (C=O) groups is 2. The van der Waals surface area contributed by atoms with E-state index in [2.05, 4.69) is 35.4 Å². The van der Waals surface area contributed by atoms with Crippen molar-refractivity contribution in [2.24, 2.45) is 30.7 Å². The quantitative estimate of drug-likeness (QED) is 0.0478. The van der Waals surface area contributed by atoms with Gasteiger partial charge >= 0.3 is 5.97 Å². The second-order valence-corrected chi connectivity index (χ2v) is 13.0. The third-order valence-corrected chi connectivity index (χ3v) is 8.65. The number of ether oxygens (including phenoxy) is 2. The van der Waals surface area contributed by atoms with E-state index in [4.69, 9.17) is 9.84 Å². The van der Waals surface area contributed by atoms with Crippen molar-refractivity contribution in [3.8, 4) is 23.0 Å². The third kappa shape index (κ3) is 8.19. The first-order valence-corrected chi connectivity index (χ1v) is 17.0. The van der Waals surface area contributed by atoms with E-state index < -0.39 is 53.2 Å². The zero-order valence-electron chi connectivity index (χ0n) is 26.1. The molecule has 0 bridgehead atoms. The van der Waals surface area contributed by atoms with Crippen LogP contribution in [0, 0.1) is 0 Å². The van der Waals surface area contributed by atoms with Crippen LogP contribution in [0.15, 0.2) is 119 Å². The van der Waals surface area contributed by atoms with Crippen LogP contribution in [-0.2, 0) is 25.0 Å². The van der Waals surface area contributed by atoms with Crippen LogP contribution in [-0.4, -0.2) is 60.8 Å². The van der Waals surface area contributed by atoms with E-state index in [1.165, 1.54) is 43.5 Å². The Kier molecular flexibility index (Phi) is 10.3. The molecule has 52 heavy (non-hydrogen) atoms. The van der Waals surface area contributed by atoms with E-state index in [-0.39, 0.29) is 62.7 Å². The second kappa shape index (κ2) is 14.7. The second-order valence-electron chi connectivity index (χ2n) is 10.2. The lowest BCUT2D eigenvalue weighted by molar-refractivity contribution is -0.120. The van der Waals surface area contributed by atoms with Gasteiger partial charge in [-0.25, -0.2) is 4.79 Å². The fourth-order valence-corrected chi connectivity index (χ4v) is 5.64. The van der Waals surface area contributed by atoms with Crippen molar-refractivity contribution >= 4 is 77.6 Å². The summed E-state index contributed by atoms with van der Waals surface area (Å²) in [5.74, 6) is -2.65. The lowest BCUT2D eigenvalue weighted by atomic mass is 10.1. The number of aromatic carboxylic acids is 1. The maximum atomic E-state index is 12.3. The Morgan fingerprint density at radius 3 is 1.81 bits per heavy atom. The number of nitrogens with zero attached hydrogens (tertiary/aromatic N) is 6. The summed E-state index contributed by atoms with van der Waals surface area (Å²) in [6.07, 6.45) is 0. The number of aromatic hydroxyl groups is 2. The van der Waals surface area contributed by atoms with Gasteiger partial charge in [0.1, 0.15) is 33.3 Å². The molecule has 266 valence electrons. The SMILES string of the molecule is COc1cc(N=Nc2ccc(OC=O)c(O)c2)c(S(=O)(=O)O)cc1N=Nc1ccc(N=Nc2ccc(C(=O)O)c(O)c2)c2ccc(S(=O)(=O)O)cc12. The van der Waals surface area contributed by atoms with E-state index in [0.29, 0.717) is 0 Å². The van der Waals surface area contributed by atoms with Gasteiger partial charge < -0.3 is 24.8 Å². The van der Waals surface area contributed by atoms with Crippen molar-refractivity contribution < 1.29 is 60.3 Å². The van der Waals surface area contributed by atoms with Crippen LogP contribution in [0.3, 0.4) is 0 Å². The molecule has 0 aliphatic rings. The number of phenolic OH excluding ortho intramolecular Hbond substituents is 1. The summed E-state index contributed by atoms with van der Waals surface area (Å²) in [4.78, 5) is 20.5. The maximum Gasteiger partial charge on any atom is 0.339 e. The van der Waals surface area contributed by atoms with Crippen LogP contribution >= 0.6 is 0 Å². The van der Waals surface area contributed by atoms with E-state index in [1.807, 2.05) is 0 Å². The normalized spacial score (nSPS) is 12.2. The summed E-state index contributed by atoms with van der Waals surface area (Å²) in [6.45, 7) is 0.0999. The molecule has 21 heteroatoms. The summed E-state index contributed by atoms with van der Waals surface area (Å²) in [7, 11) is -8.46. The Bertz CT molecular complexity index is 2570. The van der Waals surface area contributed by atoms with Gasteiger partial charge in [-0.1, -0.05) is 6.07 Å². The predicted molar refractivity (Wildman–Crippen MR) is 179 cm³/mol. The van der Waals surface area contributed by atoms with E-state index in [0.717, 1.165) is 42.5 Å². The molecule has 0 aliphatic heterocycles. The fraction of sp³-hybridized carbons (Fsp3) is 0.0323. The summed E-state index contributed by atoms with van der Waals surface area (Å²) in [5, 5.41) is 53.4. The number of carboxylic acids is 1. The lowest BCUT2D eigenvalue weighted by Crippen LogP contribution is -1.99. The van der Waals surface area contributed by atoms with Crippen molar-refractivity contribution in [2.45, 2.75) is 9.79 Å². The molecular formula is C31H22N6O13S2. The maximum absolute atomic E-state index is 12.3. The molecule has 0 spiro atoms. The first-order chi connectivity index (χ1) is 24.6. The number of benzene rings is 5. The Balaban J connectivity index is 1.57. The largest absolute Gasteiger partial charge is 0.507 e. The average Bonchev–Trinajstić information content (AvgIpc) is 3.08. The van der Waals surface area contributed by atoms with Gasteiger partial charge in [-0.2, -0.15) is 27.1 Å². The van der Waals surface area contributed by atoms with Crippen molar-refractivity contribution in [2.75, 3.05) is 7.11 Å². The highest BCUT2D eigenvalue weighted by atomic mass is 32.2. The lowest BCUT2D eigenvalue weighted by Gasteiger charge is -2.09. The number of carboxylic acid groups (broad SMARTS) is 1. The highest BCUT2D eigenvalue weighted by Crippen LogP contribution is 2.41. The Labute approximate surface area is 292 Å². The van der Waals surface area contributed by atoms with Gasteiger partial charge in [-0.3, -0.25) is 13.9 Å².